The average molecular weight is 349 g/mol. The van der Waals surface area contributed by atoms with E-state index in [1.54, 1.807) is 0 Å². The highest BCUT2D eigenvalue weighted by Crippen LogP contribution is 2.67. The van der Waals surface area contributed by atoms with Gasteiger partial charge in [-0.3, -0.25) is 0 Å². The fourth-order valence-corrected chi connectivity index (χ4v) is 8.35. The molecule has 4 aliphatic rings. The number of fused-ring (bicyclic) bond motifs is 5. The molecule has 2 N–H and O–H groups in total. The van der Waals surface area contributed by atoms with Crippen LogP contribution in [0.4, 0.5) is 0 Å². The summed E-state index contributed by atoms with van der Waals surface area (Å²) in [5, 5.41) is 22.2. The summed E-state index contributed by atoms with van der Waals surface area (Å²) in [6.07, 6.45) is 13.3. The van der Waals surface area contributed by atoms with E-state index in [1.165, 1.54) is 64.2 Å². The van der Waals surface area contributed by atoms with E-state index < -0.39 is 12.2 Å². The molecule has 2 nitrogen and oxygen atoms in total. The second kappa shape index (κ2) is 6.51. The van der Waals surface area contributed by atoms with Crippen molar-refractivity contribution in [3.8, 4) is 0 Å². The minimum atomic E-state index is -0.483. The van der Waals surface area contributed by atoms with Gasteiger partial charge in [-0.05, 0) is 85.4 Å². The lowest BCUT2D eigenvalue weighted by Gasteiger charge is -2.63. The van der Waals surface area contributed by atoms with Crippen LogP contribution in [0.25, 0.3) is 0 Å². The van der Waals surface area contributed by atoms with Crippen LogP contribution in [0, 0.1) is 40.4 Å². The van der Waals surface area contributed by atoms with Crippen molar-refractivity contribution in [2.45, 2.75) is 104 Å². The summed E-state index contributed by atoms with van der Waals surface area (Å²) in [6, 6.07) is 0. The Hall–Kier alpha value is -0.0800. The van der Waals surface area contributed by atoms with E-state index in [9.17, 15) is 10.2 Å². The van der Waals surface area contributed by atoms with E-state index >= 15 is 0 Å². The van der Waals surface area contributed by atoms with Crippen molar-refractivity contribution >= 4 is 0 Å². The Balaban J connectivity index is 1.64. The molecular weight excluding hydrogens is 308 g/mol. The largest absolute Gasteiger partial charge is 0.390 e. The number of rotatable bonds is 3. The first-order valence-electron chi connectivity index (χ1n) is 11.3. The first-order valence-corrected chi connectivity index (χ1v) is 11.3. The monoisotopic (exact) mass is 348 g/mol. The Morgan fingerprint density at radius 1 is 0.800 bits per heavy atom. The van der Waals surface area contributed by atoms with Crippen LogP contribution in [0.15, 0.2) is 0 Å². The minimum absolute atomic E-state index is 0.268. The van der Waals surface area contributed by atoms with Gasteiger partial charge in [0.25, 0.3) is 0 Å². The van der Waals surface area contributed by atoms with E-state index in [0.717, 1.165) is 12.3 Å². The molecule has 4 saturated carbocycles. The first kappa shape index (κ1) is 18.3. The van der Waals surface area contributed by atoms with Crippen molar-refractivity contribution < 1.29 is 10.2 Å². The van der Waals surface area contributed by atoms with Gasteiger partial charge in [0, 0.05) is 0 Å². The van der Waals surface area contributed by atoms with E-state index in [4.69, 9.17) is 0 Å². The van der Waals surface area contributed by atoms with Crippen molar-refractivity contribution in [3.05, 3.63) is 0 Å². The number of unbranched alkanes of at least 4 members (excludes halogenated alkanes) is 1. The highest BCUT2D eigenvalue weighted by atomic mass is 16.3. The molecule has 0 saturated heterocycles. The van der Waals surface area contributed by atoms with Crippen LogP contribution in [0.3, 0.4) is 0 Å². The Bertz CT molecular complexity index is 490. The highest BCUT2D eigenvalue weighted by molar-refractivity contribution is 5.13. The highest BCUT2D eigenvalue weighted by Gasteiger charge is 2.64. The third-order valence-corrected chi connectivity index (χ3v) is 9.77. The SMILES string of the molecule is CCCCC1CCC2C3C(O)C(O)C4CCCCC4(C)C3CCC12C. The van der Waals surface area contributed by atoms with Gasteiger partial charge < -0.3 is 10.2 Å². The molecule has 0 aromatic carbocycles. The minimum Gasteiger partial charge on any atom is -0.390 e. The lowest BCUT2D eigenvalue weighted by molar-refractivity contribution is -0.214. The fraction of sp³-hybridized carbons (Fsp3) is 1.00. The number of hydrogen-bond donors (Lipinski definition) is 2. The zero-order valence-electron chi connectivity index (χ0n) is 16.7. The maximum absolute atomic E-state index is 11.2. The zero-order chi connectivity index (χ0) is 17.8. The number of aliphatic hydroxyl groups is 2. The normalized spacial score (nSPS) is 55.3. The molecule has 0 aromatic heterocycles. The lowest BCUT2D eigenvalue weighted by Crippen LogP contribution is -2.63. The molecule has 9 atom stereocenters. The quantitative estimate of drug-likeness (QED) is 0.739. The van der Waals surface area contributed by atoms with Crippen LogP contribution < -0.4 is 0 Å². The Morgan fingerprint density at radius 2 is 1.56 bits per heavy atom. The van der Waals surface area contributed by atoms with Gasteiger partial charge in [-0.2, -0.15) is 0 Å². The summed E-state index contributed by atoms with van der Waals surface area (Å²) in [7, 11) is 0. The van der Waals surface area contributed by atoms with E-state index in [0.29, 0.717) is 29.1 Å². The van der Waals surface area contributed by atoms with E-state index in [1.807, 2.05) is 0 Å². The number of hydrogen-bond acceptors (Lipinski definition) is 2. The Kier molecular flexibility index (Phi) is 4.77. The molecule has 0 amide bonds. The van der Waals surface area contributed by atoms with Crippen LogP contribution in [-0.2, 0) is 0 Å². The van der Waals surface area contributed by atoms with Crippen LogP contribution in [0.1, 0.15) is 91.4 Å². The Labute approximate surface area is 154 Å². The lowest BCUT2D eigenvalue weighted by atomic mass is 9.43. The fourth-order valence-electron chi connectivity index (χ4n) is 8.35. The van der Waals surface area contributed by atoms with Crippen LogP contribution in [-0.4, -0.2) is 22.4 Å². The van der Waals surface area contributed by atoms with Crippen LogP contribution in [0.5, 0.6) is 0 Å². The first-order chi connectivity index (χ1) is 11.9. The van der Waals surface area contributed by atoms with Gasteiger partial charge in [0.05, 0.1) is 12.2 Å². The van der Waals surface area contributed by atoms with Crippen molar-refractivity contribution in [3.63, 3.8) is 0 Å². The molecule has 4 aliphatic carbocycles. The average Bonchev–Trinajstić information content (AvgIpc) is 2.93. The van der Waals surface area contributed by atoms with Crippen LogP contribution in [0.2, 0.25) is 0 Å². The number of aliphatic hydroxyl groups excluding tert-OH is 2. The van der Waals surface area contributed by atoms with Crippen molar-refractivity contribution in [2.75, 3.05) is 0 Å². The molecule has 4 rings (SSSR count). The van der Waals surface area contributed by atoms with Gasteiger partial charge in [0.2, 0.25) is 0 Å². The van der Waals surface area contributed by atoms with Crippen molar-refractivity contribution in [1.29, 1.82) is 0 Å². The summed E-state index contributed by atoms with van der Waals surface area (Å²) >= 11 is 0. The van der Waals surface area contributed by atoms with Gasteiger partial charge in [0.15, 0.2) is 0 Å². The molecule has 0 bridgehead atoms. The smallest absolute Gasteiger partial charge is 0.0835 e. The second-order valence-corrected chi connectivity index (χ2v) is 10.6. The molecule has 144 valence electrons. The van der Waals surface area contributed by atoms with E-state index in [-0.39, 0.29) is 5.41 Å². The van der Waals surface area contributed by atoms with Crippen molar-refractivity contribution in [1.82, 2.24) is 0 Å². The molecule has 0 spiro atoms. The summed E-state index contributed by atoms with van der Waals surface area (Å²) in [6.45, 7) is 7.31. The van der Waals surface area contributed by atoms with Crippen molar-refractivity contribution in [2.24, 2.45) is 40.4 Å². The molecule has 0 radical (unpaired) electrons. The summed E-state index contributed by atoms with van der Waals surface area (Å²) < 4.78 is 0. The molecule has 4 fully saturated rings. The molecular formula is C23H40O2. The van der Waals surface area contributed by atoms with Crippen LogP contribution >= 0.6 is 0 Å². The second-order valence-electron chi connectivity index (χ2n) is 10.6. The molecule has 0 aromatic rings. The predicted molar refractivity (Wildman–Crippen MR) is 102 cm³/mol. The third-order valence-electron chi connectivity index (χ3n) is 9.77. The van der Waals surface area contributed by atoms with Gasteiger partial charge in [0.1, 0.15) is 0 Å². The summed E-state index contributed by atoms with van der Waals surface area (Å²) in [4.78, 5) is 0. The summed E-state index contributed by atoms with van der Waals surface area (Å²) in [5.74, 6) is 2.80. The molecule has 2 heteroatoms. The Morgan fingerprint density at radius 3 is 2.32 bits per heavy atom. The third kappa shape index (κ3) is 2.57. The summed E-state index contributed by atoms with van der Waals surface area (Å²) in [5.41, 5.74) is 0.680. The maximum Gasteiger partial charge on any atom is 0.0835 e. The zero-order valence-corrected chi connectivity index (χ0v) is 16.7. The van der Waals surface area contributed by atoms with Gasteiger partial charge in [-0.1, -0.05) is 46.5 Å². The van der Waals surface area contributed by atoms with Gasteiger partial charge in [-0.25, -0.2) is 0 Å². The van der Waals surface area contributed by atoms with Gasteiger partial charge in [-0.15, -0.1) is 0 Å². The maximum atomic E-state index is 11.2. The molecule has 0 aliphatic heterocycles. The molecule has 0 heterocycles. The predicted octanol–water partition coefficient (Wildman–Crippen LogP) is 5.17. The van der Waals surface area contributed by atoms with Gasteiger partial charge >= 0.3 is 0 Å². The standard InChI is InChI=1S/C23H40O2/c1-4-5-8-15-10-11-16-19-17(12-14-22(15,16)2)23(3)13-7-6-9-18(23)20(24)21(19)25/h15-21,24-25H,4-14H2,1-3H3. The molecule has 25 heavy (non-hydrogen) atoms. The topological polar surface area (TPSA) is 40.5 Å². The van der Waals surface area contributed by atoms with E-state index in [2.05, 4.69) is 20.8 Å². The molecule has 9 unspecified atom stereocenters.